The fraction of sp³-hybridized carbons (Fsp3) is 0.750. The molecule has 0 spiro atoms. The first kappa shape index (κ1) is 6.84. The van der Waals surface area contributed by atoms with Gasteiger partial charge < -0.3 is 0 Å². The Kier molecular flexibility index (Phi) is 1.81. The standard InChI is InChI=1S/C8H13BS/c9-8-5-6-3-1-2-4-7(6)10-8/h3,7-8H,1-2,4-5,9H2. The second kappa shape index (κ2) is 2.65. The van der Waals surface area contributed by atoms with E-state index in [4.69, 9.17) is 0 Å². The third-order valence-corrected chi connectivity index (χ3v) is 3.91. The molecule has 0 bridgehead atoms. The van der Waals surface area contributed by atoms with E-state index >= 15 is 0 Å². The third kappa shape index (κ3) is 1.14. The smallest absolute Gasteiger partial charge is 0.118 e. The van der Waals surface area contributed by atoms with E-state index in [9.17, 15) is 0 Å². The van der Waals surface area contributed by atoms with E-state index in [0.717, 1.165) is 10.4 Å². The minimum absolute atomic E-state index is 0.898. The highest BCUT2D eigenvalue weighted by molar-refractivity contribution is 8.02. The molecule has 0 saturated carbocycles. The van der Waals surface area contributed by atoms with Crippen LogP contribution < -0.4 is 0 Å². The Hall–Kier alpha value is 0.155. The van der Waals surface area contributed by atoms with E-state index in [0.29, 0.717) is 0 Å². The van der Waals surface area contributed by atoms with Crippen LogP contribution in [0.3, 0.4) is 0 Å². The Morgan fingerprint density at radius 3 is 3.30 bits per heavy atom. The molecule has 1 aliphatic carbocycles. The number of hydrogen-bond donors (Lipinski definition) is 0. The van der Waals surface area contributed by atoms with E-state index in [1.165, 1.54) is 25.7 Å². The minimum Gasteiger partial charge on any atom is -0.159 e. The summed E-state index contributed by atoms with van der Waals surface area (Å²) in [7, 11) is 2.35. The molecule has 2 unspecified atom stereocenters. The van der Waals surface area contributed by atoms with Gasteiger partial charge in [0.25, 0.3) is 0 Å². The average Bonchev–Trinajstić information content (AvgIpc) is 2.27. The van der Waals surface area contributed by atoms with Crippen molar-refractivity contribution in [2.75, 3.05) is 0 Å². The fourth-order valence-electron chi connectivity index (χ4n) is 1.94. The normalized spacial score (nSPS) is 39.0. The number of hydrogen-bond acceptors (Lipinski definition) is 1. The summed E-state index contributed by atoms with van der Waals surface area (Å²) in [6.07, 6.45) is 8.06. The molecule has 0 aromatic heterocycles. The van der Waals surface area contributed by atoms with E-state index in [1.54, 1.807) is 5.57 Å². The molecule has 1 fully saturated rings. The second-order valence-electron chi connectivity index (χ2n) is 3.35. The first-order valence-electron chi connectivity index (χ1n) is 4.20. The van der Waals surface area contributed by atoms with Crippen molar-refractivity contribution in [3.05, 3.63) is 11.6 Å². The van der Waals surface area contributed by atoms with Crippen LogP contribution >= 0.6 is 11.8 Å². The fourth-order valence-corrected chi connectivity index (χ4v) is 3.46. The molecule has 0 nitrogen and oxygen atoms in total. The van der Waals surface area contributed by atoms with Gasteiger partial charge in [0.15, 0.2) is 0 Å². The third-order valence-electron chi connectivity index (χ3n) is 2.41. The Morgan fingerprint density at radius 2 is 2.50 bits per heavy atom. The highest BCUT2D eigenvalue weighted by Gasteiger charge is 2.27. The van der Waals surface area contributed by atoms with Gasteiger partial charge in [0.05, 0.1) is 0 Å². The zero-order valence-corrected chi connectivity index (χ0v) is 7.29. The lowest BCUT2D eigenvalue weighted by Gasteiger charge is -2.15. The summed E-state index contributed by atoms with van der Waals surface area (Å²) >= 11 is 2.18. The van der Waals surface area contributed by atoms with Gasteiger partial charge in [0, 0.05) is 5.25 Å². The van der Waals surface area contributed by atoms with Crippen molar-refractivity contribution in [3.8, 4) is 0 Å². The molecule has 0 aromatic carbocycles. The highest BCUT2D eigenvalue weighted by atomic mass is 32.2. The first-order chi connectivity index (χ1) is 4.86. The Balaban J connectivity index is 2.13. The van der Waals surface area contributed by atoms with Crippen molar-refractivity contribution in [2.24, 2.45) is 0 Å². The summed E-state index contributed by atoms with van der Waals surface area (Å²) in [5, 5.41) is 1.82. The van der Waals surface area contributed by atoms with Crippen LogP contribution in [-0.2, 0) is 0 Å². The van der Waals surface area contributed by atoms with Gasteiger partial charge in [-0.2, -0.15) is 11.8 Å². The number of rotatable bonds is 0. The summed E-state index contributed by atoms with van der Waals surface area (Å²) in [6, 6.07) is 0. The van der Waals surface area contributed by atoms with Crippen LogP contribution in [0.15, 0.2) is 11.6 Å². The minimum atomic E-state index is 0.898. The van der Waals surface area contributed by atoms with Gasteiger partial charge in [-0.25, -0.2) is 0 Å². The summed E-state index contributed by atoms with van der Waals surface area (Å²) in [5.74, 6) is 0. The maximum atomic E-state index is 2.48. The van der Waals surface area contributed by atoms with Gasteiger partial charge in [0.2, 0.25) is 0 Å². The summed E-state index contributed by atoms with van der Waals surface area (Å²) < 4.78 is 0. The molecule has 2 atom stereocenters. The molecule has 0 radical (unpaired) electrons. The van der Waals surface area contributed by atoms with Crippen LogP contribution in [0, 0.1) is 0 Å². The monoisotopic (exact) mass is 152 g/mol. The first-order valence-corrected chi connectivity index (χ1v) is 5.15. The van der Waals surface area contributed by atoms with Crippen LogP contribution in [0.1, 0.15) is 25.7 Å². The van der Waals surface area contributed by atoms with Gasteiger partial charge in [-0.1, -0.05) is 11.6 Å². The van der Waals surface area contributed by atoms with E-state index < -0.39 is 0 Å². The van der Waals surface area contributed by atoms with Crippen LogP contribution in [-0.4, -0.2) is 18.2 Å². The molecule has 0 amide bonds. The predicted octanol–water partition coefficient (Wildman–Crippen LogP) is 1.56. The summed E-state index contributed by atoms with van der Waals surface area (Å²) in [5.41, 5.74) is 1.75. The largest absolute Gasteiger partial charge is 0.159 e. The Labute approximate surface area is 67.9 Å². The topological polar surface area (TPSA) is 0 Å². The lowest BCUT2D eigenvalue weighted by atomic mass is 9.91. The van der Waals surface area contributed by atoms with E-state index in [-0.39, 0.29) is 0 Å². The quantitative estimate of drug-likeness (QED) is 0.375. The predicted molar refractivity (Wildman–Crippen MR) is 50.3 cm³/mol. The molecule has 2 heteroatoms. The van der Waals surface area contributed by atoms with Gasteiger partial charge in [-0.15, -0.1) is 0 Å². The summed E-state index contributed by atoms with van der Waals surface area (Å²) in [4.78, 5) is 0. The van der Waals surface area contributed by atoms with E-state index in [2.05, 4.69) is 25.7 Å². The van der Waals surface area contributed by atoms with Crippen molar-refractivity contribution in [2.45, 2.75) is 36.1 Å². The number of fused-ring (bicyclic) bond motifs is 1. The Morgan fingerprint density at radius 1 is 1.60 bits per heavy atom. The number of thioether (sulfide) groups is 1. The molecule has 1 heterocycles. The van der Waals surface area contributed by atoms with Crippen molar-refractivity contribution >= 4 is 19.6 Å². The van der Waals surface area contributed by atoms with Gasteiger partial charge >= 0.3 is 0 Å². The molecular weight excluding hydrogens is 139 g/mol. The maximum absolute atomic E-state index is 2.48. The molecule has 1 saturated heterocycles. The van der Waals surface area contributed by atoms with Crippen molar-refractivity contribution < 1.29 is 0 Å². The van der Waals surface area contributed by atoms with Gasteiger partial charge in [-0.3, -0.25) is 0 Å². The zero-order chi connectivity index (χ0) is 6.97. The van der Waals surface area contributed by atoms with Crippen molar-refractivity contribution in [3.63, 3.8) is 0 Å². The van der Waals surface area contributed by atoms with Crippen molar-refractivity contribution in [1.29, 1.82) is 0 Å². The molecular formula is C8H13BS. The maximum Gasteiger partial charge on any atom is 0.118 e. The molecule has 54 valence electrons. The van der Waals surface area contributed by atoms with Crippen molar-refractivity contribution in [1.82, 2.24) is 0 Å². The SMILES string of the molecule is BC1CC2=CCCCC2S1. The lowest BCUT2D eigenvalue weighted by molar-refractivity contribution is 0.710. The zero-order valence-electron chi connectivity index (χ0n) is 6.47. The van der Waals surface area contributed by atoms with Crippen LogP contribution in [0.4, 0.5) is 0 Å². The molecule has 2 rings (SSSR count). The van der Waals surface area contributed by atoms with Crippen LogP contribution in [0.25, 0.3) is 0 Å². The second-order valence-corrected chi connectivity index (χ2v) is 5.00. The molecule has 0 N–H and O–H groups in total. The highest BCUT2D eigenvalue weighted by Crippen LogP contribution is 2.41. The van der Waals surface area contributed by atoms with Gasteiger partial charge in [0.1, 0.15) is 7.85 Å². The molecule has 0 aromatic rings. The molecule has 1 aliphatic heterocycles. The summed E-state index contributed by atoms with van der Waals surface area (Å²) in [6.45, 7) is 0. The van der Waals surface area contributed by atoms with Crippen LogP contribution in [0.2, 0.25) is 0 Å². The van der Waals surface area contributed by atoms with E-state index in [1.807, 2.05) is 0 Å². The molecule has 2 aliphatic rings. The Bertz CT molecular complexity index is 165. The lowest BCUT2D eigenvalue weighted by Crippen LogP contribution is -2.04. The average molecular weight is 152 g/mol. The number of allylic oxidation sites excluding steroid dienone is 1. The van der Waals surface area contributed by atoms with Crippen LogP contribution in [0.5, 0.6) is 0 Å². The van der Waals surface area contributed by atoms with Gasteiger partial charge in [-0.05, 0) is 30.8 Å². The molecule has 10 heavy (non-hydrogen) atoms.